The number of benzene rings is 1. The summed E-state index contributed by atoms with van der Waals surface area (Å²) in [6.07, 6.45) is 6.17. The highest BCUT2D eigenvalue weighted by atomic mass is 16.5. The molecule has 2 rings (SSSR count). The minimum Gasteiger partial charge on any atom is -0.493 e. The van der Waals surface area contributed by atoms with E-state index >= 15 is 0 Å². The van der Waals surface area contributed by atoms with E-state index in [1.807, 2.05) is 36.4 Å². The summed E-state index contributed by atoms with van der Waals surface area (Å²) in [6.45, 7) is 3.08. The SMILES string of the molecule is NCC=Cc1cccc(OCC2CCOCC2)c1. The van der Waals surface area contributed by atoms with Crippen LogP contribution in [0.2, 0.25) is 0 Å². The summed E-state index contributed by atoms with van der Waals surface area (Å²) in [4.78, 5) is 0. The summed E-state index contributed by atoms with van der Waals surface area (Å²) in [7, 11) is 0. The largest absolute Gasteiger partial charge is 0.493 e. The standard InChI is InChI=1S/C15H21NO2/c16-8-2-4-13-3-1-5-15(11-13)18-12-14-6-9-17-10-7-14/h1-5,11,14H,6-10,12,16H2. The van der Waals surface area contributed by atoms with Gasteiger partial charge in [-0.1, -0.05) is 24.3 Å². The van der Waals surface area contributed by atoms with Crippen molar-refractivity contribution >= 4 is 6.08 Å². The van der Waals surface area contributed by atoms with Gasteiger partial charge in [0.05, 0.1) is 6.61 Å². The minimum absolute atomic E-state index is 0.563. The van der Waals surface area contributed by atoms with E-state index in [1.54, 1.807) is 0 Å². The zero-order valence-electron chi connectivity index (χ0n) is 10.7. The first-order valence-electron chi connectivity index (χ1n) is 6.55. The molecule has 3 heteroatoms. The predicted octanol–water partition coefficient (Wildman–Crippen LogP) is 2.46. The molecule has 0 aliphatic carbocycles. The molecule has 0 radical (unpaired) electrons. The van der Waals surface area contributed by atoms with Gasteiger partial charge in [-0.2, -0.15) is 0 Å². The second-order valence-electron chi connectivity index (χ2n) is 4.58. The van der Waals surface area contributed by atoms with Crippen molar-refractivity contribution in [2.24, 2.45) is 11.7 Å². The van der Waals surface area contributed by atoms with Gasteiger partial charge >= 0.3 is 0 Å². The Bertz CT molecular complexity index is 384. The monoisotopic (exact) mass is 247 g/mol. The first kappa shape index (κ1) is 13.1. The van der Waals surface area contributed by atoms with Crippen molar-refractivity contribution < 1.29 is 9.47 Å². The number of hydrogen-bond donors (Lipinski definition) is 1. The highest BCUT2D eigenvalue weighted by Gasteiger charge is 2.14. The Morgan fingerprint density at radius 2 is 2.17 bits per heavy atom. The van der Waals surface area contributed by atoms with Gasteiger partial charge in [0.2, 0.25) is 0 Å². The molecule has 1 aromatic rings. The Kier molecular flexibility index (Phi) is 5.24. The van der Waals surface area contributed by atoms with Gasteiger partial charge in [-0.25, -0.2) is 0 Å². The van der Waals surface area contributed by atoms with E-state index in [2.05, 4.69) is 0 Å². The molecule has 18 heavy (non-hydrogen) atoms. The van der Waals surface area contributed by atoms with Crippen LogP contribution < -0.4 is 10.5 Å². The molecule has 0 aromatic heterocycles. The third-order valence-electron chi connectivity index (χ3n) is 3.13. The van der Waals surface area contributed by atoms with Gasteiger partial charge in [0.1, 0.15) is 5.75 Å². The maximum Gasteiger partial charge on any atom is 0.119 e. The van der Waals surface area contributed by atoms with Gasteiger partial charge < -0.3 is 15.2 Å². The zero-order valence-corrected chi connectivity index (χ0v) is 10.7. The summed E-state index contributed by atoms with van der Waals surface area (Å²) < 4.78 is 11.2. The molecule has 1 heterocycles. The molecule has 1 aliphatic rings. The zero-order chi connectivity index (χ0) is 12.6. The van der Waals surface area contributed by atoms with Crippen LogP contribution in [0, 0.1) is 5.92 Å². The van der Waals surface area contributed by atoms with Crippen molar-refractivity contribution in [1.29, 1.82) is 0 Å². The molecule has 0 spiro atoms. The summed E-state index contributed by atoms with van der Waals surface area (Å²) in [5.74, 6) is 1.56. The molecule has 0 atom stereocenters. The van der Waals surface area contributed by atoms with Crippen LogP contribution in [-0.4, -0.2) is 26.4 Å². The van der Waals surface area contributed by atoms with Crippen molar-refractivity contribution in [3.63, 3.8) is 0 Å². The van der Waals surface area contributed by atoms with Crippen LogP contribution in [0.3, 0.4) is 0 Å². The quantitative estimate of drug-likeness (QED) is 0.869. The summed E-state index contributed by atoms with van der Waals surface area (Å²) in [6, 6.07) is 8.10. The van der Waals surface area contributed by atoms with E-state index in [9.17, 15) is 0 Å². The summed E-state index contributed by atoms with van der Waals surface area (Å²) >= 11 is 0. The highest BCUT2D eigenvalue weighted by Crippen LogP contribution is 2.19. The molecule has 1 aliphatic heterocycles. The van der Waals surface area contributed by atoms with Crippen molar-refractivity contribution in [2.75, 3.05) is 26.4 Å². The van der Waals surface area contributed by atoms with Crippen LogP contribution in [0.25, 0.3) is 6.08 Å². The summed E-state index contributed by atoms with van der Waals surface area (Å²) in [5, 5.41) is 0. The second kappa shape index (κ2) is 7.19. The van der Waals surface area contributed by atoms with Crippen molar-refractivity contribution in [3.8, 4) is 5.75 Å². The fraction of sp³-hybridized carbons (Fsp3) is 0.467. The maximum absolute atomic E-state index is 5.85. The smallest absolute Gasteiger partial charge is 0.119 e. The van der Waals surface area contributed by atoms with E-state index in [1.165, 1.54) is 0 Å². The van der Waals surface area contributed by atoms with Gasteiger partial charge in [0, 0.05) is 19.8 Å². The van der Waals surface area contributed by atoms with E-state index in [0.717, 1.165) is 44.0 Å². The molecule has 98 valence electrons. The predicted molar refractivity (Wildman–Crippen MR) is 73.6 cm³/mol. The normalized spacial score (nSPS) is 17.2. The van der Waals surface area contributed by atoms with E-state index < -0.39 is 0 Å². The van der Waals surface area contributed by atoms with Crippen molar-refractivity contribution in [3.05, 3.63) is 35.9 Å². The van der Waals surface area contributed by atoms with E-state index in [-0.39, 0.29) is 0 Å². The molecular weight excluding hydrogens is 226 g/mol. The fourth-order valence-corrected chi connectivity index (χ4v) is 2.04. The number of hydrogen-bond acceptors (Lipinski definition) is 3. The van der Waals surface area contributed by atoms with Crippen LogP contribution in [0.1, 0.15) is 18.4 Å². The molecule has 1 aromatic carbocycles. The van der Waals surface area contributed by atoms with Gasteiger partial charge in [0.25, 0.3) is 0 Å². The Morgan fingerprint density at radius 1 is 1.33 bits per heavy atom. The number of ether oxygens (including phenoxy) is 2. The average Bonchev–Trinajstić information content (AvgIpc) is 2.44. The molecule has 3 nitrogen and oxygen atoms in total. The molecular formula is C15H21NO2. The molecule has 0 bridgehead atoms. The lowest BCUT2D eigenvalue weighted by Crippen LogP contribution is -2.21. The van der Waals surface area contributed by atoms with Gasteiger partial charge in [-0.15, -0.1) is 0 Å². The Labute approximate surface area is 109 Å². The molecule has 1 fully saturated rings. The fourth-order valence-electron chi connectivity index (χ4n) is 2.04. The third kappa shape index (κ3) is 4.17. The maximum atomic E-state index is 5.85. The molecule has 2 N–H and O–H groups in total. The van der Waals surface area contributed by atoms with Crippen molar-refractivity contribution in [1.82, 2.24) is 0 Å². The lowest BCUT2D eigenvalue weighted by atomic mass is 10.0. The summed E-state index contributed by atoms with van der Waals surface area (Å²) in [5.41, 5.74) is 6.57. The van der Waals surface area contributed by atoms with Crippen molar-refractivity contribution in [2.45, 2.75) is 12.8 Å². The Balaban J connectivity index is 1.86. The first-order valence-corrected chi connectivity index (χ1v) is 6.55. The lowest BCUT2D eigenvalue weighted by molar-refractivity contribution is 0.0497. The number of nitrogens with two attached hydrogens (primary N) is 1. The first-order chi connectivity index (χ1) is 8.88. The topological polar surface area (TPSA) is 44.5 Å². The van der Waals surface area contributed by atoms with Crippen LogP contribution >= 0.6 is 0 Å². The van der Waals surface area contributed by atoms with Crippen LogP contribution in [0.15, 0.2) is 30.3 Å². The van der Waals surface area contributed by atoms with Gasteiger partial charge in [-0.3, -0.25) is 0 Å². The lowest BCUT2D eigenvalue weighted by Gasteiger charge is -2.22. The average molecular weight is 247 g/mol. The van der Waals surface area contributed by atoms with Crippen LogP contribution in [0.5, 0.6) is 5.75 Å². The third-order valence-corrected chi connectivity index (χ3v) is 3.13. The van der Waals surface area contributed by atoms with Crippen LogP contribution in [0.4, 0.5) is 0 Å². The van der Waals surface area contributed by atoms with Gasteiger partial charge in [0.15, 0.2) is 0 Å². The molecule has 0 saturated carbocycles. The minimum atomic E-state index is 0.563. The molecule has 0 unspecified atom stereocenters. The highest BCUT2D eigenvalue weighted by molar-refractivity contribution is 5.51. The van der Waals surface area contributed by atoms with E-state index in [0.29, 0.717) is 12.5 Å². The van der Waals surface area contributed by atoms with Crippen LogP contribution in [-0.2, 0) is 4.74 Å². The molecule has 1 saturated heterocycles. The molecule has 0 amide bonds. The van der Waals surface area contributed by atoms with E-state index in [4.69, 9.17) is 15.2 Å². The number of rotatable bonds is 5. The Morgan fingerprint density at radius 3 is 2.94 bits per heavy atom. The second-order valence-corrected chi connectivity index (χ2v) is 4.58. The van der Waals surface area contributed by atoms with Gasteiger partial charge in [-0.05, 0) is 36.5 Å². The Hall–Kier alpha value is -1.32.